The minimum Gasteiger partial charge on any atom is -0.237 e. The Labute approximate surface area is 92.7 Å². The van der Waals surface area contributed by atoms with Crippen molar-refractivity contribution in [2.24, 2.45) is 0 Å². The van der Waals surface area contributed by atoms with E-state index in [1.165, 1.54) is 16.8 Å². The zero-order chi connectivity index (χ0) is 10.1. The lowest BCUT2D eigenvalue weighted by atomic mass is 10.3. The zero-order valence-electron chi connectivity index (χ0n) is 6.92. The first-order valence-electron chi connectivity index (χ1n) is 3.82. The number of hydrogen-bond acceptors (Lipinski definition) is 1. The van der Waals surface area contributed by atoms with E-state index in [1.54, 1.807) is 12.4 Å². The lowest BCUT2D eigenvalue weighted by Gasteiger charge is -2.01. The Kier molecular flexibility index (Phi) is 2.49. The highest BCUT2D eigenvalue weighted by molar-refractivity contribution is 14.1. The van der Waals surface area contributed by atoms with Crippen LogP contribution in [0.1, 0.15) is 0 Å². The maximum absolute atomic E-state index is 13.2. The smallest absolute Gasteiger partial charge is 0.151 e. The van der Waals surface area contributed by atoms with Gasteiger partial charge in [0, 0.05) is 12.3 Å². The second-order valence-corrected chi connectivity index (χ2v) is 3.94. The maximum atomic E-state index is 13.2. The summed E-state index contributed by atoms with van der Waals surface area (Å²) in [5, 5.41) is 3.92. The van der Waals surface area contributed by atoms with Crippen LogP contribution in [0.25, 0.3) is 5.69 Å². The molecule has 0 aliphatic heterocycles. The molecule has 0 radical (unpaired) electrons. The number of benzene rings is 1. The molecule has 0 saturated carbocycles. The second kappa shape index (κ2) is 3.64. The summed E-state index contributed by atoms with van der Waals surface area (Å²) in [6.45, 7) is 0. The van der Waals surface area contributed by atoms with Crippen LogP contribution in [0.2, 0.25) is 0 Å². The van der Waals surface area contributed by atoms with E-state index in [-0.39, 0.29) is 5.69 Å². The van der Waals surface area contributed by atoms with Crippen LogP contribution < -0.4 is 0 Å². The van der Waals surface area contributed by atoms with E-state index in [0.29, 0.717) is 0 Å². The van der Waals surface area contributed by atoms with Crippen LogP contribution >= 0.6 is 22.6 Å². The predicted octanol–water partition coefficient (Wildman–Crippen LogP) is 2.76. The van der Waals surface area contributed by atoms with Gasteiger partial charge in [0.15, 0.2) is 5.82 Å². The molecule has 2 rings (SSSR count). The van der Waals surface area contributed by atoms with E-state index >= 15 is 0 Å². The SMILES string of the molecule is Fc1ccc(-n2cc(I)cn2)c(F)c1. The van der Waals surface area contributed by atoms with Crippen molar-refractivity contribution in [3.05, 3.63) is 45.8 Å². The average Bonchev–Trinajstić information content (AvgIpc) is 2.51. The molecular formula is C9H5F2IN2. The van der Waals surface area contributed by atoms with Gasteiger partial charge in [0.25, 0.3) is 0 Å². The lowest BCUT2D eigenvalue weighted by molar-refractivity contribution is 0.573. The fraction of sp³-hybridized carbons (Fsp3) is 0. The van der Waals surface area contributed by atoms with Crippen molar-refractivity contribution in [3.63, 3.8) is 0 Å². The van der Waals surface area contributed by atoms with Crippen LogP contribution in [0.3, 0.4) is 0 Å². The lowest BCUT2D eigenvalue weighted by Crippen LogP contribution is -1.98. The van der Waals surface area contributed by atoms with Gasteiger partial charge in [-0.15, -0.1) is 0 Å². The summed E-state index contributed by atoms with van der Waals surface area (Å²) in [4.78, 5) is 0. The van der Waals surface area contributed by atoms with Crippen molar-refractivity contribution in [3.8, 4) is 5.69 Å². The van der Waals surface area contributed by atoms with Gasteiger partial charge in [-0.25, -0.2) is 13.5 Å². The quantitative estimate of drug-likeness (QED) is 0.741. The zero-order valence-corrected chi connectivity index (χ0v) is 9.07. The van der Waals surface area contributed by atoms with Gasteiger partial charge in [-0.05, 0) is 34.7 Å². The van der Waals surface area contributed by atoms with E-state index in [2.05, 4.69) is 27.7 Å². The van der Waals surface area contributed by atoms with Crippen molar-refractivity contribution in [1.29, 1.82) is 0 Å². The standard InChI is InChI=1S/C9H5F2IN2/c10-6-1-2-9(8(11)3-6)14-5-7(12)4-13-14/h1-5H. The Morgan fingerprint density at radius 3 is 2.64 bits per heavy atom. The van der Waals surface area contributed by atoms with Crippen molar-refractivity contribution in [1.82, 2.24) is 9.78 Å². The van der Waals surface area contributed by atoms with Gasteiger partial charge in [0.05, 0.1) is 9.77 Å². The summed E-state index contributed by atoms with van der Waals surface area (Å²) in [5.41, 5.74) is 0.245. The van der Waals surface area contributed by atoms with Crippen molar-refractivity contribution in [2.75, 3.05) is 0 Å². The number of hydrogen-bond donors (Lipinski definition) is 0. The summed E-state index contributed by atoms with van der Waals surface area (Å²) in [6.07, 6.45) is 3.26. The van der Waals surface area contributed by atoms with Gasteiger partial charge < -0.3 is 0 Å². The summed E-state index contributed by atoms with van der Waals surface area (Å²) < 4.78 is 28.1. The molecule has 0 amide bonds. The van der Waals surface area contributed by atoms with Gasteiger partial charge in [0.1, 0.15) is 11.5 Å². The highest BCUT2D eigenvalue weighted by Gasteiger charge is 2.06. The fourth-order valence-corrected chi connectivity index (χ4v) is 1.49. The minimum atomic E-state index is -0.621. The summed E-state index contributed by atoms with van der Waals surface area (Å²) >= 11 is 2.07. The first kappa shape index (κ1) is 9.57. The number of rotatable bonds is 1. The van der Waals surface area contributed by atoms with Crippen LogP contribution in [0.15, 0.2) is 30.6 Å². The molecule has 0 saturated heterocycles. The normalized spacial score (nSPS) is 10.5. The average molecular weight is 306 g/mol. The third-order valence-electron chi connectivity index (χ3n) is 1.71. The molecule has 0 fully saturated rings. The second-order valence-electron chi connectivity index (χ2n) is 2.70. The molecule has 0 spiro atoms. The monoisotopic (exact) mass is 306 g/mol. The number of nitrogens with zero attached hydrogens (tertiary/aromatic N) is 2. The van der Waals surface area contributed by atoms with Crippen LogP contribution in [0, 0.1) is 15.2 Å². The first-order chi connectivity index (χ1) is 6.66. The Hall–Kier alpha value is -0.980. The van der Waals surface area contributed by atoms with Gasteiger partial charge in [-0.3, -0.25) is 0 Å². The van der Waals surface area contributed by atoms with Crippen LogP contribution in [0.4, 0.5) is 8.78 Å². The van der Waals surface area contributed by atoms with Gasteiger partial charge in [-0.1, -0.05) is 0 Å². The van der Waals surface area contributed by atoms with E-state index in [0.717, 1.165) is 9.64 Å². The van der Waals surface area contributed by atoms with Gasteiger partial charge in [-0.2, -0.15) is 5.10 Å². The minimum absolute atomic E-state index is 0.245. The predicted molar refractivity (Wildman–Crippen MR) is 56.2 cm³/mol. The van der Waals surface area contributed by atoms with E-state index in [9.17, 15) is 8.78 Å². The molecule has 1 heterocycles. The maximum Gasteiger partial charge on any atom is 0.151 e. The third-order valence-corrected chi connectivity index (χ3v) is 2.26. The molecule has 0 bridgehead atoms. The van der Waals surface area contributed by atoms with Crippen LogP contribution in [-0.4, -0.2) is 9.78 Å². The molecule has 5 heteroatoms. The molecule has 1 aromatic carbocycles. The Morgan fingerprint density at radius 1 is 1.29 bits per heavy atom. The Balaban J connectivity index is 2.52. The fourth-order valence-electron chi connectivity index (χ4n) is 1.10. The van der Waals surface area contributed by atoms with E-state index in [4.69, 9.17) is 0 Å². The molecule has 0 unspecified atom stereocenters. The number of halogens is 3. The largest absolute Gasteiger partial charge is 0.237 e. The molecule has 1 aromatic heterocycles. The van der Waals surface area contributed by atoms with Crippen molar-refractivity contribution >= 4 is 22.6 Å². The third kappa shape index (κ3) is 1.77. The molecule has 0 aliphatic carbocycles. The van der Waals surface area contributed by atoms with Gasteiger partial charge >= 0.3 is 0 Å². The summed E-state index contributed by atoms with van der Waals surface area (Å²) in [5.74, 6) is -1.21. The van der Waals surface area contributed by atoms with Gasteiger partial charge in [0.2, 0.25) is 0 Å². The van der Waals surface area contributed by atoms with Crippen LogP contribution in [-0.2, 0) is 0 Å². The topological polar surface area (TPSA) is 17.8 Å². The number of aromatic nitrogens is 2. The molecular weight excluding hydrogens is 301 g/mol. The van der Waals surface area contributed by atoms with Crippen molar-refractivity contribution in [2.45, 2.75) is 0 Å². The molecule has 2 aromatic rings. The summed E-state index contributed by atoms with van der Waals surface area (Å²) in [6, 6.07) is 3.39. The highest BCUT2D eigenvalue weighted by Crippen LogP contribution is 2.14. The Morgan fingerprint density at radius 2 is 2.07 bits per heavy atom. The molecule has 14 heavy (non-hydrogen) atoms. The molecule has 0 aliphatic rings. The molecule has 0 N–H and O–H groups in total. The molecule has 72 valence electrons. The molecule has 0 atom stereocenters. The molecule has 2 nitrogen and oxygen atoms in total. The van der Waals surface area contributed by atoms with E-state index < -0.39 is 11.6 Å². The highest BCUT2D eigenvalue weighted by atomic mass is 127. The first-order valence-corrected chi connectivity index (χ1v) is 4.90. The summed E-state index contributed by atoms with van der Waals surface area (Å²) in [7, 11) is 0. The van der Waals surface area contributed by atoms with Crippen LogP contribution in [0.5, 0.6) is 0 Å². The van der Waals surface area contributed by atoms with Crippen molar-refractivity contribution < 1.29 is 8.78 Å². The van der Waals surface area contributed by atoms with E-state index in [1.807, 2.05) is 0 Å². The Bertz CT molecular complexity index is 468.